The van der Waals surface area contributed by atoms with E-state index in [-0.39, 0.29) is 0 Å². The minimum absolute atomic E-state index is 0.324. The number of nitrogens with two attached hydrogens (primary N) is 1. The van der Waals surface area contributed by atoms with Crippen molar-refractivity contribution in [2.75, 3.05) is 27.3 Å². The van der Waals surface area contributed by atoms with Gasteiger partial charge in [-0.05, 0) is 20.5 Å². The topological polar surface area (TPSA) is 47.3 Å². The van der Waals surface area contributed by atoms with E-state index in [0.29, 0.717) is 6.04 Å². The maximum absolute atomic E-state index is 5.41. The van der Waals surface area contributed by atoms with Crippen molar-refractivity contribution in [1.29, 1.82) is 0 Å². The summed E-state index contributed by atoms with van der Waals surface area (Å²) in [5, 5.41) is 2.75. The molecule has 3 heteroatoms. The second-order valence-corrected chi connectivity index (χ2v) is 2.12. The number of hydrogen-bond acceptors (Lipinski definition) is 3. The molecule has 0 aromatic heterocycles. The summed E-state index contributed by atoms with van der Waals surface area (Å²) in [4.78, 5) is 0. The molecular formula is C6H16N2O. The quantitative estimate of drug-likeness (QED) is 0.470. The molecule has 0 aliphatic carbocycles. The SMILES string of the molecule is CNC.NC1CCOC1. The molecule has 0 bridgehead atoms. The molecule has 1 rings (SSSR count). The molecule has 1 saturated heterocycles. The molecule has 0 saturated carbocycles. The van der Waals surface area contributed by atoms with Crippen molar-refractivity contribution in [1.82, 2.24) is 5.32 Å². The fourth-order valence-corrected chi connectivity index (χ4v) is 0.553. The van der Waals surface area contributed by atoms with Gasteiger partial charge >= 0.3 is 0 Å². The van der Waals surface area contributed by atoms with E-state index in [1.54, 1.807) is 0 Å². The highest BCUT2D eigenvalue weighted by Gasteiger charge is 2.07. The van der Waals surface area contributed by atoms with Crippen LogP contribution in [0.5, 0.6) is 0 Å². The van der Waals surface area contributed by atoms with Gasteiger partial charge in [0.1, 0.15) is 0 Å². The molecule has 1 heterocycles. The molecule has 1 fully saturated rings. The molecule has 1 aliphatic heterocycles. The highest BCUT2D eigenvalue weighted by atomic mass is 16.5. The van der Waals surface area contributed by atoms with Gasteiger partial charge in [0.2, 0.25) is 0 Å². The predicted octanol–water partition coefficient (Wildman–Crippen LogP) is -0.430. The van der Waals surface area contributed by atoms with Crippen molar-refractivity contribution in [3.8, 4) is 0 Å². The largest absolute Gasteiger partial charge is 0.380 e. The summed E-state index contributed by atoms with van der Waals surface area (Å²) < 4.78 is 4.93. The van der Waals surface area contributed by atoms with Gasteiger partial charge < -0.3 is 15.8 Å². The molecule has 1 atom stereocenters. The average Bonchev–Trinajstić information content (AvgIpc) is 2.20. The van der Waals surface area contributed by atoms with Crippen LogP contribution in [0.1, 0.15) is 6.42 Å². The Morgan fingerprint density at radius 2 is 2.11 bits per heavy atom. The molecular weight excluding hydrogens is 116 g/mol. The van der Waals surface area contributed by atoms with Crippen LogP contribution in [0.25, 0.3) is 0 Å². The number of ether oxygens (including phenoxy) is 1. The van der Waals surface area contributed by atoms with Crippen LogP contribution < -0.4 is 11.1 Å². The molecule has 0 aromatic rings. The Bertz CT molecular complexity index is 53.0. The first-order valence-electron chi connectivity index (χ1n) is 3.23. The number of nitrogens with one attached hydrogen (secondary N) is 1. The van der Waals surface area contributed by atoms with E-state index < -0.39 is 0 Å². The van der Waals surface area contributed by atoms with Crippen molar-refractivity contribution in [2.45, 2.75) is 12.5 Å². The minimum atomic E-state index is 0.324. The minimum Gasteiger partial charge on any atom is -0.380 e. The lowest BCUT2D eigenvalue weighted by Crippen LogP contribution is -2.18. The molecule has 1 unspecified atom stereocenters. The van der Waals surface area contributed by atoms with Gasteiger partial charge in [-0.1, -0.05) is 0 Å². The fraction of sp³-hybridized carbons (Fsp3) is 1.00. The Labute approximate surface area is 56.6 Å². The van der Waals surface area contributed by atoms with Crippen LogP contribution in [0.15, 0.2) is 0 Å². The van der Waals surface area contributed by atoms with Gasteiger partial charge in [-0.15, -0.1) is 0 Å². The highest BCUT2D eigenvalue weighted by Crippen LogP contribution is 1.98. The third-order valence-electron chi connectivity index (χ3n) is 0.965. The Kier molecular flexibility index (Phi) is 5.93. The third kappa shape index (κ3) is 5.76. The number of rotatable bonds is 0. The van der Waals surface area contributed by atoms with Crippen LogP contribution in [0.2, 0.25) is 0 Å². The van der Waals surface area contributed by atoms with Crippen LogP contribution in [0, 0.1) is 0 Å². The van der Waals surface area contributed by atoms with Crippen LogP contribution in [0.4, 0.5) is 0 Å². The summed E-state index contributed by atoms with van der Waals surface area (Å²) in [6.07, 6.45) is 1.04. The molecule has 0 radical (unpaired) electrons. The van der Waals surface area contributed by atoms with Gasteiger partial charge in [0.15, 0.2) is 0 Å². The van der Waals surface area contributed by atoms with Crippen LogP contribution in [-0.4, -0.2) is 33.4 Å². The standard InChI is InChI=1S/C4H9NO.C2H7N/c5-4-1-2-6-3-4;1-3-2/h4H,1-3,5H2;3H,1-2H3. The Balaban J connectivity index is 0.000000187. The van der Waals surface area contributed by atoms with Crippen molar-refractivity contribution < 1.29 is 4.74 Å². The average molecular weight is 132 g/mol. The Hall–Kier alpha value is -0.120. The van der Waals surface area contributed by atoms with Gasteiger partial charge in [-0.3, -0.25) is 0 Å². The first kappa shape index (κ1) is 8.88. The van der Waals surface area contributed by atoms with Gasteiger partial charge in [0.05, 0.1) is 6.61 Å². The Morgan fingerprint density at radius 1 is 1.56 bits per heavy atom. The van der Waals surface area contributed by atoms with E-state index in [1.165, 1.54) is 0 Å². The summed E-state index contributed by atoms with van der Waals surface area (Å²) >= 11 is 0. The summed E-state index contributed by atoms with van der Waals surface area (Å²) in [6.45, 7) is 1.63. The molecule has 0 amide bonds. The van der Waals surface area contributed by atoms with Crippen molar-refractivity contribution in [3.05, 3.63) is 0 Å². The third-order valence-corrected chi connectivity index (χ3v) is 0.965. The van der Waals surface area contributed by atoms with Crippen molar-refractivity contribution >= 4 is 0 Å². The van der Waals surface area contributed by atoms with Gasteiger partial charge in [-0.25, -0.2) is 0 Å². The molecule has 3 nitrogen and oxygen atoms in total. The van der Waals surface area contributed by atoms with E-state index in [2.05, 4.69) is 5.32 Å². The lowest BCUT2D eigenvalue weighted by molar-refractivity contribution is 0.194. The molecule has 9 heavy (non-hydrogen) atoms. The molecule has 0 spiro atoms. The summed E-state index contributed by atoms with van der Waals surface area (Å²) in [5.74, 6) is 0. The maximum atomic E-state index is 5.41. The first-order valence-corrected chi connectivity index (χ1v) is 3.23. The zero-order valence-corrected chi connectivity index (χ0v) is 6.18. The van der Waals surface area contributed by atoms with Gasteiger partial charge in [-0.2, -0.15) is 0 Å². The van der Waals surface area contributed by atoms with Crippen LogP contribution in [0.3, 0.4) is 0 Å². The zero-order chi connectivity index (χ0) is 7.11. The van der Waals surface area contributed by atoms with E-state index in [0.717, 1.165) is 19.6 Å². The summed E-state index contributed by atoms with van der Waals surface area (Å²) in [6, 6.07) is 0.324. The Morgan fingerprint density at radius 3 is 2.22 bits per heavy atom. The molecule has 3 N–H and O–H groups in total. The van der Waals surface area contributed by atoms with Gasteiger partial charge in [0.25, 0.3) is 0 Å². The predicted molar refractivity (Wildman–Crippen MR) is 38.4 cm³/mol. The molecule has 1 aliphatic rings. The fourth-order valence-electron chi connectivity index (χ4n) is 0.553. The molecule has 0 aromatic carbocycles. The zero-order valence-electron chi connectivity index (χ0n) is 6.18. The monoisotopic (exact) mass is 132 g/mol. The maximum Gasteiger partial charge on any atom is 0.0618 e. The molecule has 56 valence electrons. The second-order valence-electron chi connectivity index (χ2n) is 2.12. The van der Waals surface area contributed by atoms with E-state index in [4.69, 9.17) is 10.5 Å². The van der Waals surface area contributed by atoms with E-state index in [1.807, 2.05) is 14.1 Å². The smallest absolute Gasteiger partial charge is 0.0618 e. The number of hydrogen-bond donors (Lipinski definition) is 2. The van der Waals surface area contributed by atoms with Crippen LogP contribution >= 0.6 is 0 Å². The lowest BCUT2D eigenvalue weighted by Gasteiger charge is -1.90. The lowest BCUT2D eigenvalue weighted by atomic mass is 10.3. The van der Waals surface area contributed by atoms with Gasteiger partial charge in [0, 0.05) is 12.6 Å². The van der Waals surface area contributed by atoms with Crippen molar-refractivity contribution in [3.63, 3.8) is 0 Å². The first-order chi connectivity index (χ1) is 4.31. The highest BCUT2D eigenvalue weighted by molar-refractivity contribution is 4.64. The normalized spacial score (nSPS) is 25.0. The summed E-state index contributed by atoms with van der Waals surface area (Å²) in [7, 11) is 3.75. The van der Waals surface area contributed by atoms with Crippen LogP contribution in [-0.2, 0) is 4.74 Å². The summed E-state index contributed by atoms with van der Waals surface area (Å²) in [5.41, 5.74) is 5.41. The van der Waals surface area contributed by atoms with E-state index >= 15 is 0 Å². The second kappa shape index (κ2) is 6.01. The van der Waals surface area contributed by atoms with Crippen molar-refractivity contribution in [2.24, 2.45) is 5.73 Å². The van der Waals surface area contributed by atoms with E-state index in [9.17, 15) is 0 Å².